The molecule has 0 aliphatic rings. The van der Waals surface area contributed by atoms with Gasteiger partial charge in [0.2, 0.25) is 5.16 Å². The van der Waals surface area contributed by atoms with E-state index >= 15 is 0 Å². The summed E-state index contributed by atoms with van der Waals surface area (Å²) in [6.07, 6.45) is 3.49. The lowest BCUT2D eigenvalue weighted by Gasteiger charge is -2.04. The topological polar surface area (TPSA) is 60.9 Å². The third kappa shape index (κ3) is 2.55. The second-order valence-electron chi connectivity index (χ2n) is 4.95. The Balaban J connectivity index is 1.64. The molecule has 0 N–H and O–H groups in total. The Labute approximate surface area is 135 Å². The summed E-state index contributed by atoms with van der Waals surface area (Å²) in [5.41, 5.74) is 1.61. The molecular formula is C15H13FN6S. The SMILES string of the molecule is CCn1c(CSc2nc3ncccn3n2)nc2cc(F)ccc21. The van der Waals surface area contributed by atoms with E-state index in [0.717, 1.165) is 17.9 Å². The van der Waals surface area contributed by atoms with Crippen molar-refractivity contribution < 1.29 is 4.39 Å². The Morgan fingerprint density at radius 2 is 2.17 bits per heavy atom. The second kappa shape index (κ2) is 5.62. The van der Waals surface area contributed by atoms with Gasteiger partial charge in [0, 0.05) is 25.0 Å². The lowest BCUT2D eigenvalue weighted by atomic mass is 10.3. The minimum atomic E-state index is -0.273. The molecule has 23 heavy (non-hydrogen) atoms. The Hall–Kier alpha value is -2.48. The Kier molecular flexibility index (Phi) is 3.45. The molecular weight excluding hydrogens is 315 g/mol. The molecule has 4 rings (SSSR count). The van der Waals surface area contributed by atoms with Crippen molar-refractivity contribution in [2.75, 3.05) is 0 Å². The van der Waals surface area contributed by atoms with Gasteiger partial charge < -0.3 is 4.57 Å². The van der Waals surface area contributed by atoms with Crippen LogP contribution in [-0.2, 0) is 12.3 Å². The van der Waals surface area contributed by atoms with Crippen LogP contribution in [0.1, 0.15) is 12.7 Å². The Morgan fingerprint density at radius 1 is 1.26 bits per heavy atom. The highest BCUT2D eigenvalue weighted by molar-refractivity contribution is 7.98. The van der Waals surface area contributed by atoms with Crippen molar-refractivity contribution >= 4 is 28.6 Å². The third-order valence-corrected chi connectivity index (χ3v) is 4.37. The molecule has 0 fully saturated rings. The summed E-state index contributed by atoms with van der Waals surface area (Å²) in [6.45, 7) is 2.82. The number of benzene rings is 1. The number of imidazole rings is 1. The summed E-state index contributed by atoms with van der Waals surface area (Å²) in [6, 6.07) is 6.49. The van der Waals surface area contributed by atoms with Gasteiger partial charge >= 0.3 is 0 Å². The van der Waals surface area contributed by atoms with Gasteiger partial charge in [0.15, 0.2) is 0 Å². The molecule has 116 valence electrons. The molecule has 3 aromatic heterocycles. The van der Waals surface area contributed by atoms with E-state index in [-0.39, 0.29) is 5.82 Å². The fourth-order valence-electron chi connectivity index (χ4n) is 2.52. The van der Waals surface area contributed by atoms with Crippen LogP contribution < -0.4 is 0 Å². The van der Waals surface area contributed by atoms with Crippen molar-refractivity contribution in [1.29, 1.82) is 0 Å². The maximum absolute atomic E-state index is 13.4. The quantitative estimate of drug-likeness (QED) is 0.539. The maximum atomic E-state index is 13.4. The van der Waals surface area contributed by atoms with Crippen LogP contribution in [-0.4, -0.2) is 29.1 Å². The smallest absolute Gasteiger partial charge is 0.253 e. The van der Waals surface area contributed by atoms with Crippen LogP contribution in [0.3, 0.4) is 0 Å². The largest absolute Gasteiger partial charge is 0.328 e. The van der Waals surface area contributed by atoms with Gasteiger partial charge in [-0.2, -0.15) is 4.98 Å². The summed E-state index contributed by atoms with van der Waals surface area (Å²) < 4.78 is 17.1. The highest BCUT2D eigenvalue weighted by Gasteiger charge is 2.12. The van der Waals surface area contributed by atoms with Crippen LogP contribution >= 0.6 is 11.8 Å². The van der Waals surface area contributed by atoms with Gasteiger partial charge in [-0.1, -0.05) is 11.8 Å². The van der Waals surface area contributed by atoms with Crippen LogP contribution in [0.25, 0.3) is 16.8 Å². The normalized spacial score (nSPS) is 11.6. The van der Waals surface area contributed by atoms with Crippen LogP contribution in [0, 0.1) is 5.82 Å². The molecule has 0 unspecified atom stereocenters. The van der Waals surface area contributed by atoms with Crippen molar-refractivity contribution in [3.05, 3.63) is 48.3 Å². The standard InChI is InChI=1S/C15H13FN6S/c1-2-21-12-5-4-10(16)8-11(12)18-13(21)9-23-15-19-14-17-6-3-7-22(14)20-15/h3-8H,2,9H2,1H3. The second-order valence-corrected chi connectivity index (χ2v) is 5.90. The van der Waals surface area contributed by atoms with E-state index in [1.54, 1.807) is 22.8 Å². The molecule has 6 nitrogen and oxygen atoms in total. The Morgan fingerprint density at radius 3 is 3.00 bits per heavy atom. The van der Waals surface area contributed by atoms with Crippen molar-refractivity contribution in [2.45, 2.75) is 24.4 Å². The molecule has 0 radical (unpaired) electrons. The first-order chi connectivity index (χ1) is 11.2. The van der Waals surface area contributed by atoms with E-state index < -0.39 is 0 Å². The molecule has 4 aromatic rings. The number of aromatic nitrogens is 6. The number of halogens is 1. The van der Waals surface area contributed by atoms with E-state index in [0.29, 0.717) is 22.2 Å². The molecule has 3 heterocycles. The zero-order chi connectivity index (χ0) is 15.8. The molecule has 0 aliphatic carbocycles. The van der Waals surface area contributed by atoms with E-state index in [2.05, 4.69) is 24.6 Å². The predicted molar refractivity (Wildman–Crippen MR) is 85.7 cm³/mol. The summed E-state index contributed by atoms with van der Waals surface area (Å²) in [5, 5.41) is 5.00. The zero-order valence-corrected chi connectivity index (χ0v) is 13.2. The van der Waals surface area contributed by atoms with E-state index in [1.807, 2.05) is 13.1 Å². The molecule has 0 atom stereocenters. The van der Waals surface area contributed by atoms with Gasteiger partial charge in [0.05, 0.1) is 16.8 Å². The van der Waals surface area contributed by atoms with Crippen molar-refractivity contribution in [2.24, 2.45) is 0 Å². The lowest BCUT2D eigenvalue weighted by Crippen LogP contribution is -2.00. The first-order valence-corrected chi connectivity index (χ1v) is 8.18. The highest BCUT2D eigenvalue weighted by Crippen LogP contribution is 2.23. The minimum absolute atomic E-state index is 0.273. The monoisotopic (exact) mass is 328 g/mol. The molecule has 0 bridgehead atoms. The van der Waals surface area contributed by atoms with Gasteiger partial charge in [-0.25, -0.2) is 18.9 Å². The predicted octanol–water partition coefficient (Wildman–Crippen LogP) is 2.93. The molecule has 0 aliphatic heterocycles. The fraction of sp³-hybridized carbons (Fsp3) is 0.200. The number of aryl methyl sites for hydroxylation is 1. The first-order valence-electron chi connectivity index (χ1n) is 7.19. The molecule has 0 spiro atoms. The van der Waals surface area contributed by atoms with E-state index in [9.17, 15) is 4.39 Å². The summed E-state index contributed by atoms with van der Waals surface area (Å²) >= 11 is 1.49. The van der Waals surface area contributed by atoms with Gasteiger partial charge in [-0.3, -0.25) is 0 Å². The van der Waals surface area contributed by atoms with Crippen LogP contribution in [0.5, 0.6) is 0 Å². The number of hydrogen-bond acceptors (Lipinski definition) is 5. The first kappa shape index (κ1) is 14.1. The number of fused-ring (bicyclic) bond motifs is 2. The molecule has 0 saturated heterocycles. The van der Waals surface area contributed by atoms with Gasteiger partial charge in [-0.05, 0) is 25.1 Å². The van der Waals surface area contributed by atoms with Crippen molar-refractivity contribution in [3.8, 4) is 0 Å². The summed E-state index contributed by atoms with van der Waals surface area (Å²) in [7, 11) is 0. The molecule has 0 amide bonds. The molecule has 8 heteroatoms. The third-order valence-electron chi connectivity index (χ3n) is 3.53. The summed E-state index contributed by atoms with van der Waals surface area (Å²) in [5.74, 6) is 1.79. The maximum Gasteiger partial charge on any atom is 0.253 e. The fourth-order valence-corrected chi connectivity index (χ4v) is 3.29. The van der Waals surface area contributed by atoms with Crippen molar-refractivity contribution in [1.82, 2.24) is 29.1 Å². The van der Waals surface area contributed by atoms with Crippen LogP contribution in [0.15, 0.2) is 41.8 Å². The number of rotatable bonds is 4. The average molecular weight is 328 g/mol. The summed E-state index contributed by atoms with van der Waals surface area (Å²) in [4.78, 5) is 13.0. The van der Waals surface area contributed by atoms with Crippen LogP contribution in [0.2, 0.25) is 0 Å². The average Bonchev–Trinajstić information content (AvgIpc) is 3.12. The van der Waals surface area contributed by atoms with Gasteiger partial charge in [0.1, 0.15) is 11.6 Å². The van der Waals surface area contributed by atoms with Crippen molar-refractivity contribution in [3.63, 3.8) is 0 Å². The zero-order valence-electron chi connectivity index (χ0n) is 12.3. The molecule has 0 saturated carbocycles. The van der Waals surface area contributed by atoms with Gasteiger partial charge in [0.25, 0.3) is 5.78 Å². The minimum Gasteiger partial charge on any atom is -0.328 e. The van der Waals surface area contributed by atoms with E-state index in [1.165, 1.54) is 23.9 Å². The lowest BCUT2D eigenvalue weighted by molar-refractivity contribution is 0.629. The van der Waals surface area contributed by atoms with E-state index in [4.69, 9.17) is 0 Å². The Bertz CT molecular complexity index is 959. The number of nitrogens with zero attached hydrogens (tertiary/aromatic N) is 6. The van der Waals surface area contributed by atoms with Gasteiger partial charge in [-0.15, -0.1) is 5.10 Å². The highest BCUT2D eigenvalue weighted by atomic mass is 32.2. The number of thioether (sulfide) groups is 1. The van der Waals surface area contributed by atoms with Crippen LogP contribution in [0.4, 0.5) is 4.39 Å². The number of hydrogen-bond donors (Lipinski definition) is 0. The molecule has 1 aromatic carbocycles.